The van der Waals surface area contributed by atoms with Gasteiger partial charge in [0.05, 0.1) is 6.20 Å². The van der Waals surface area contributed by atoms with Crippen molar-refractivity contribution in [1.29, 1.82) is 5.26 Å². The summed E-state index contributed by atoms with van der Waals surface area (Å²) in [6, 6.07) is 1.74. The minimum atomic E-state index is -0.356. The highest BCUT2D eigenvalue weighted by atomic mass is 16.3. The molecule has 0 atom stereocenters. The standard InChI is InChI=1S/C6H6N2O2/c1-8-3-5(9)6(10)4(8)2-7/h3,9-10H,1H3. The zero-order valence-corrected chi connectivity index (χ0v) is 5.37. The average molecular weight is 138 g/mol. The third-order valence-electron chi connectivity index (χ3n) is 1.24. The summed E-state index contributed by atoms with van der Waals surface area (Å²) in [7, 11) is 1.57. The van der Waals surface area contributed by atoms with Gasteiger partial charge in [-0.3, -0.25) is 0 Å². The Morgan fingerprint density at radius 1 is 1.60 bits per heavy atom. The summed E-state index contributed by atoms with van der Waals surface area (Å²) in [6.45, 7) is 0. The molecule has 10 heavy (non-hydrogen) atoms. The van der Waals surface area contributed by atoms with Crippen LogP contribution in [0, 0.1) is 11.3 Å². The van der Waals surface area contributed by atoms with E-state index in [0.29, 0.717) is 0 Å². The molecule has 1 aromatic heterocycles. The molecule has 0 aliphatic carbocycles. The van der Waals surface area contributed by atoms with E-state index < -0.39 is 0 Å². The van der Waals surface area contributed by atoms with E-state index in [4.69, 9.17) is 15.5 Å². The van der Waals surface area contributed by atoms with Crippen LogP contribution in [0.15, 0.2) is 6.20 Å². The van der Waals surface area contributed by atoms with Gasteiger partial charge < -0.3 is 14.8 Å². The van der Waals surface area contributed by atoms with E-state index in [-0.39, 0.29) is 17.2 Å². The lowest BCUT2D eigenvalue weighted by Crippen LogP contribution is -1.87. The van der Waals surface area contributed by atoms with Crippen molar-refractivity contribution in [2.75, 3.05) is 0 Å². The monoisotopic (exact) mass is 138 g/mol. The highest BCUT2D eigenvalue weighted by Gasteiger charge is 2.10. The van der Waals surface area contributed by atoms with E-state index in [2.05, 4.69) is 0 Å². The van der Waals surface area contributed by atoms with Crippen molar-refractivity contribution in [2.24, 2.45) is 7.05 Å². The number of aryl methyl sites for hydroxylation is 1. The Morgan fingerprint density at radius 2 is 2.20 bits per heavy atom. The fourth-order valence-corrected chi connectivity index (χ4v) is 0.729. The van der Waals surface area contributed by atoms with Crippen LogP contribution in [0.25, 0.3) is 0 Å². The molecule has 1 heterocycles. The molecule has 52 valence electrons. The van der Waals surface area contributed by atoms with E-state index in [1.807, 2.05) is 0 Å². The Labute approximate surface area is 57.6 Å². The first-order valence-electron chi connectivity index (χ1n) is 2.64. The lowest BCUT2D eigenvalue weighted by molar-refractivity contribution is 0.407. The lowest BCUT2D eigenvalue weighted by atomic mass is 10.4. The van der Waals surface area contributed by atoms with Gasteiger partial charge in [-0.2, -0.15) is 5.26 Å². The van der Waals surface area contributed by atoms with Crippen LogP contribution in [-0.4, -0.2) is 14.8 Å². The number of hydrogen-bond acceptors (Lipinski definition) is 3. The molecule has 2 N–H and O–H groups in total. The smallest absolute Gasteiger partial charge is 0.194 e. The van der Waals surface area contributed by atoms with Gasteiger partial charge in [-0.1, -0.05) is 0 Å². The largest absolute Gasteiger partial charge is 0.503 e. The highest BCUT2D eigenvalue weighted by Crippen LogP contribution is 2.28. The van der Waals surface area contributed by atoms with Gasteiger partial charge in [0.15, 0.2) is 17.2 Å². The predicted molar refractivity (Wildman–Crippen MR) is 33.5 cm³/mol. The molecule has 0 unspecified atom stereocenters. The van der Waals surface area contributed by atoms with E-state index in [0.717, 1.165) is 0 Å². The molecule has 4 nitrogen and oxygen atoms in total. The summed E-state index contributed by atoms with van der Waals surface area (Å²) in [5, 5.41) is 26.1. The topological polar surface area (TPSA) is 69.2 Å². The van der Waals surface area contributed by atoms with Crippen LogP contribution in [-0.2, 0) is 7.05 Å². The van der Waals surface area contributed by atoms with Crippen molar-refractivity contribution < 1.29 is 10.2 Å². The summed E-state index contributed by atoms with van der Waals surface area (Å²) < 4.78 is 1.35. The summed E-state index contributed by atoms with van der Waals surface area (Å²) >= 11 is 0. The molecule has 0 aromatic carbocycles. The summed E-state index contributed by atoms with van der Waals surface area (Å²) in [5.74, 6) is -0.621. The first kappa shape index (κ1) is 6.49. The van der Waals surface area contributed by atoms with Gasteiger partial charge in [0.25, 0.3) is 0 Å². The zero-order chi connectivity index (χ0) is 7.72. The van der Waals surface area contributed by atoms with Crippen LogP contribution in [0.3, 0.4) is 0 Å². The van der Waals surface area contributed by atoms with E-state index in [1.165, 1.54) is 10.8 Å². The Balaban J connectivity index is 3.37. The van der Waals surface area contributed by atoms with Gasteiger partial charge >= 0.3 is 0 Å². The van der Waals surface area contributed by atoms with Gasteiger partial charge in [-0.25, -0.2) is 0 Å². The molecule has 0 spiro atoms. The molecule has 4 heteroatoms. The molecule has 0 bridgehead atoms. The second-order valence-corrected chi connectivity index (χ2v) is 1.93. The fourth-order valence-electron chi connectivity index (χ4n) is 0.729. The highest BCUT2D eigenvalue weighted by molar-refractivity contribution is 5.48. The lowest BCUT2D eigenvalue weighted by Gasteiger charge is -1.88. The molecular weight excluding hydrogens is 132 g/mol. The molecule has 1 rings (SSSR count). The molecule has 1 aromatic rings. The molecule has 0 radical (unpaired) electrons. The molecule has 0 saturated heterocycles. The number of aromatic hydroxyl groups is 2. The molecule has 0 saturated carbocycles. The normalized spacial score (nSPS) is 9.20. The fraction of sp³-hybridized carbons (Fsp3) is 0.167. The van der Waals surface area contributed by atoms with Gasteiger partial charge in [-0.05, 0) is 0 Å². The molecule has 0 amide bonds. The minimum absolute atomic E-state index is 0.0671. The van der Waals surface area contributed by atoms with Crippen molar-refractivity contribution in [3.63, 3.8) is 0 Å². The number of aromatic nitrogens is 1. The number of rotatable bonds is 0. The van der Waals surface area contributed by atoms with Gasteiger partial charge in [-0.15, -0.1) is 0 Å². The van der Waals surface area contributed by atoms with Crippen molar-refractivity contribution in [3.05, 3.63) is 11.9 Å². The van der Waals surface area contributed by atoms with Crippen LogP contribution >= 0.6 is 0 Å². The number of nitrogens with zero attached hydrogens (tertiary/aromatic N) is 2. The van der Waals surface area contributed by atoms with Crippen LogP contribution in [0.5, 0.6) is 11.5 Å². The zero-order valence-electron chi connectivity index (χ0n) is 5.37. The van der Waals surface area contributed by atoms with Crippen molar-refractivity contribution >= 4 is 0 Å². The first-order valence-corrected chi connectivity index (χ1v) is 2.64. The third-order valence-corrected chi connectivity index (χ3v) is 1.24. The molecule has 0 aliphatic rings. The summed E-state index contributed by atoms with van der Waals surface area (Å²) in [6.07, 6.45) is 1.27. The van der Waals surface area contributed by atoms with Crippen LogP contribution in [0.2, 0.25) is 0 Å². The molecule has 0 aliphatic heterocycles. The van der Waals surface area contributed by atoms with Crippen LogP contribution in [0.4, 0.5) is 0 Å². The van der Waals surface area contributed by atoms with E-state index in [9.17, 15) is 0 Å². The van der Waals surface area contributed by atoms with Crippen LogP contribution < -0.4 is 0 Å². The maximum atomic E-state index is 8.93. The van der Waals surface area contributed by atoms with Gasteiger partial charge in [0.1, 0.15) is 6.07 Å². The maximum absolute atomic E-state index is 8.93. The Bertz CT molecular complexity index is 295. The van der Waals surface area contributed by atoms with Crippen molar-refractivity contribution in [2.45, 2.75) is 0 Å². The van der Waals surface area contributed by atoms with Gasteiger partial charge in [0.2, 0.25) is 0 Å². The SMILES string of the molecule is Cn1cc(O)c(O)c1C#N. The third kappa shape index (κ3) is 0.685. The summed E-state index contributed by atoms with van der Waals surface area (Å²) in [5.41, 5.74) is 0.0671. The predicted octanol–water partition coefficient (Wildman–Crippen LogP) is 0.308. The first-order chi connectivity index (χ1) is 4.66. The van der Waals surface area contributed by atoms with E-state index in [1.54, 1.807) is 13.1 Å². The Hall–Kier alpha value is -1.63. The molecular formula is C6H6N2O2. The van der Waals surface area contributed by atoms with E-state index >= 15 is 0 Å². The molecule has 0 fully saturated rings. The second kappa shape index (κ2) is 1.95. The Kier molecular flexibility index (Phi) is 1.27. The maximum Gasteiger partial charge on any atom is 0.194 e. The number of hydrogen-bond donors (Lipinski definition) is 2. The van der Waals surface area contributed by atoms with Gasteiger partial charge in [0, 0.05) is 7.05 Å². The van der Waals surface area contributed by atoms with Crippen molar-refractivity contribution in [1.82, 2.24) is 4.57 Å². The quantitative estimate of drug-likeness (QED) is 0.542. The van der Waals surface area contributed by atoms with Crippen molar-refractivity contribution in [3.8, 4) is 17.6 Å². The van der Waals surface area contributed by atoms with Crippen LogP contribution in [0.1, 0.15) is 5.69 Å². The number of nitriles is 1. The Morgan fingerprint density at radius 3 is 2.40 bits per heavy atom. The summed E-state index contributed by atoms with van der Waals surface area (Å²) in [4.78, 5) is 0. The minimum Gasteiger partial charge on any atom is -0.503 e. The average Bonchev–Trinajstić information content (AvgIpc) is 2.09. The second-order valence-electron chi connectivity index (χ2n) is 1.93.